The van der Waals surface area contributed by atoms with Crippen LogP contribution in [-0.2, 0) is 0 Å². The summed E-state index contributed by atoms with van der Waals surface area (Å²) in [5.74, 6) is 0. The Morgan fingerprint density at radius 3 is 2.55 bits per heavy atom. The lowest BCUT2D eigenvalue weighted by Gasteiger charge is -2.44. The number of nitrogens with zero attached hydrogens (tertiary/aromatic N) is 7. The van der Waals surface area contributed by atoms with Crippen LogP contribution >= 0.6 is 11.6 Å². The molecule has 1 fully saturated rings. The maximum absolute atomic E-state index is 11.6. The molecule has 5 rings (SSSR count). The van der Waals surface area contributed by atoms with Gasteiger partial charge in [-0.05, 0) is 51.5 Å². The van der Waals surface area contributed by atoms with E-state index in [1.807, 2.05) is 52.1 Å². The molecule has 1 aliphatic heterocycles. The second-order valence-electron chi connectivity index (χ2n) is 8.68. The summed E-state index contributed by atoms with van der Waals surface area (Å²) in [5, 5.41) is 15.4. The number of rotatable bonds is 2. The number of imidazole rings is 1. The second-order valence-corrected chi connectivity index (χ2v) is 9.06. The van der Waals surface area contributed by atoms with E-state index in [1.165, 1.54) is 4.90 Å². The number of hydrogen-bond donors (Lipinski definition) is 1. The predicted molar refractivity (Wildman–Crippen MR) is 127 cm³/mol. The zero-order valence-corrected chi connectivity index (χ0v) is 19.6. The minimum atomic E-state index is -0.901. The van der Waals surface area contributed by atoms with E-state index < -0.39 is 6.09 Å². The lowest BCUT2D eigenvalue weighted by Crippen LogP contribution is -2.58. The van der Waals surface area contributed by atoms with Gasteiger partial charge in [-0.15, -0.1) is 0 Å². The van der Waals surface area contributed by atoms with Crippen LogP contribution in [0.15, 0.2) is 30.6 Å². The molecule has 4 aromatic rings. The number of halogens is 1. The Labute approximate surface area is 195 Å². The first-order valence-corrected chi connectivity index (χ1v) is 11.2. The summed E-state index contributed by atoms with van der Waals surface area (Å²) in [4.78, 5) is 28.9. The molecule has 1 saturated heterocycles. The van der Waals surface area contributed by atoms with Crippen molar-refractivity contribution >= 4 is 40.1 Å². The van der Waals surface area contributed by atoms with Crippen molar-refractivity contribution in [1.82, 2.24) is 29.5 Å². The van der Waals surface area contributed by atoms with Gasteiger partial charge >= 0.3 is 6.09 Å². The highest BCUT2D eigenvalue weighted by molar-refractivity contribution is 6.37. The molecule has 170 valence electrons. The molecule has 0 aromatic carbocycles. The minimum absolute atomic E-state index is 0.158. The summed E-state index contributed by atoms with van der Waals surface area (Å²) in [5.41, 5.74) is 5.50. The second kappa shape index (κ2) is 7.84. The first kappa shape index (κ1) is 21.4. The maximum atomic E-state index is 11.6. The largest absolute Gasteiger partial charge is 0.465 e. The van der Waals surface area contributed by atoms with E-state index in [4.69, 9.17) is 16.6 Å². The molecule has 0 radical (unpaired) electrons. The molecule has 1 amide bonds. The number of hydrogen-bond acceptors (Lipinski definition) is 6. The summed E-state index contributed by atoms with van der Waals surface area (Å²) in [6.45, 7) is 8.84. The normalized spacial score (nSPS) is 18.9. The minimum Gasteiger partial charge on any atom is -0.465 e. The van der Waals surface area contributed by atoms with Gasteiger partial charge in [-0.1, -0.05) is 11.6 Å². The van der Waals surface area contributed by atoms with Crippen LogP contribution in [0.5, 0.6) is 0 Å². The zero-order chi connectivity index (χ0) is 23.4. The average molecular weight is 466 g/mol. The molecule has 4 aromatic heterocycles. The number of piperazine rings is 1. The number of aryl methyl sites for hydroxylation is 2. The van der Waals surface area contributed by atoms with Gasteiger partial charge in [0.25, 0.3) is 0 Å². The van der Waals surface area contributed by atoms with Gasteiger partial charge in [0.2, 0.25) is 0 Å². The van der Waals surface area contributed by atoms with E-state index in [1.54, 1.807) is 10.7 Å². The van der Waals surface area contributed by atoms with Crippen molar-refractivity contribution in [2.75, 3.05) is 18.0 Å². The molecule has 0 bridgehead atoms. The van der Waals surface area contributed by atoms with Crippen LogP contribution in [0.1, 0.15) is 25.1 Å². The van der Waals surface area contributed by atoms with Crippen LogP contribution in [-0.4, -0.2) is 65.8 Å². The Morgan fingerprint density at radius 1 is 1.12 bits per heavy atom. The van der Waals surface area contributed by atoms with Crippen molar-refractivity contribution in [2.45, 2.75) is 39.8 Å². The fourth-order valence-electron chi connectivity index (χ4n) is 4.66. The van der Waals surface area contributed by atoms with Crippen LogP contribution in [0, 0.1) is 13.8 Å². The molecule has 1 N–H and O–H groups in total. The van der Waals surface area contributed by atoms with Gasteiger partial charge in [0.05, 0.1) is 46.6 Å². The van der Waals surface area contributed by atoms with Crippen LogP contribution in [0.3, 0.4) is 0 Å². The molecule has 9 nitrogen and oxygen atoms in total. The predicted octanol–water partition coefficient (Wildman–Crippen LogP) is 4.19. The van der Waals surface area contributed by atoms with Crippen molar-refractivity contribution in [3.05, 3.63) is 46.9 Å². The van der Waals surface area contributed by atoms with Gasteiger partial charge in [0.1, 0.15) is 5.69 Å². The van der Waals surface area contributed by atoms with Crippen molar-refractivity contribution in [1.29, 1.82) is 0 Å². The SMILES string of the molecule is Cc1cn2nc(-c3ccc4c(Cl)c(N5C[C@H](C)N(C(=O)O)[C@@H](C)C5)cnc4n3)cc(C)c2n1. The number of pyridine rings is 2. The average Bonchev–Trinajstić information content (AvgIpc) is 3.13. The molecule has 0 saturated carbocycles. The van der Waals surface area contributed by atoms with Crippen LogP contribution in [0.2, 0.25) is 5.02 Å². The van der Waals surface area contributed by atoms with Crippen molar-refractivity contribution in [3.8, 4) is 11.4 Å². The quantitative estimate of drug-likeness (QED) is 0.473. The highest BCUT2D eigenvalue weighted by Gasteiger charge is 2.33. The summed E-state index contributed by atoms with van der Waals surface area (Å²) in [6, 6.07) is 5.46. The van der Waals surface area contributed by atoms with Gasteiger partial charge < -0.3 is 10.0 Å². The topological polar surface area (TPSA) is 99.8 Å². The Morgan fingerprint density at radius 2 is 1.85 bits per heavy atom. The highest BCUT2D eigenvalue weighted by atomic mass is 35.5. The van der Waals surface area contributed by atoms with E-state index in [9.17, 15) is 9.90 Å². The Balaban J connectivity index is 1.51. The number of amides is 1. The number of carbonyl (C=O) groups is 1. The lowest BCUT2D eigenvalue weighted by atomic mass is 10.1. The third-order valence-corrected chi connectivity index (χ3v) is 6.52. The zero-order valence-electron chi connectivity index (χ0n) is 18.8. The lowest BCUT2D eigenvalue weighted by molar-refractivity contribution is 0.0983. The third-order valence-electron chi connectivity index (χ3n) is 6.12. The van der Waals surface area contributed by atoms with Gasteiger partial charge in [-0.25, -0.2) is 24.3 Å². The molecule has 0 spiro atoms. The van der Waals surface area contributed by atoms with E-state index >= 15 is 0 Å². The Hall–Kier alpha value is -3.46. The van der Waals surface area contributed by atoms with E-state index in [0.29, 0.717) is 29.5 Å². The molecule has 1 aliphatic rings. The molecular weight excluding hydrogens is 442 g/mol. The Kier molecular flexibility index (Phi) is 5.08. The monoisotopic (exact) mass is 465 g/mol. The fraction of sp³-hybridized carbons (Fsp3) is 0.348. The fourth-order valence-corrected chi connectivity index (χ4v) is 4.98. The van der Waals surface area contributed by atoms with Crippen LogP contribution in [0.25, 0.3) is 28.1 Å². The molecular formula is C23H24ClN7O2. The molecule has 0 unspecified atom stereocenters. The number of fused-ring (bicyclic) bond motifs is 2. The van der Waals surface area contributed by atoms with E-state index in [2.05, 4.69) is 20.0 Å². The van der Waals surface area contributed by atoms with Crippen LogP contribution in [0.4, 0.5) is 10.5 Å². The third kappa shape index (κ3) is 3.62. The summed E-state index contributed by atoms with van der Waals surface area (Å²) in [7, 11) is 0. The van der Waals surface area contributed by atoms with Gasteiger partial charge in [-0.3, -0.25) is 4.90 Å². The van der Waals surface area contributed by atoms with Crippen molar-refractivity contribution < 1.29 is 9.90 Å². The molecule has 33 heavy (non-hydrogen) atoms. The number of aromatic nitrogens is 5. The standard InChI is InChI=1S/C23H24ClN7O2/c1-12-7-18(28-30-9-13(2)26-22(12)30)17-6-5-16-20(24)19(8-25-21(16)27-17)29-10-14(3)31(23(32)33)15(4)11-29/h5-9,14-15H,10-11H2,1-4H3,(H,32,33)/t14-,15-/m0/s1. The summed E-state index contributed by atoms with van der Waals surface area (Å²) in [6.07, 6.45) is 2.71. The maximum Gasteiger partial charge on any atom is 0.407 e. The molecule has 2 atom stereocenters. The smallest absolute Gasteiger partial charge is 0.407 e. The van der Waals surface area contributed by atoms with E-state index in [0.717, 1.165) is 33.7 Å². The van der Waals surface area contributed by atoms with Crippen LogP contribution < -0.4 is 4.90 Å². The van der Waals surface area contributed by atoms with Gasteiger partial charge in [0, 0.05) is 18.5 Å². The van der Waals surface area contributed by atoms with Gasteiger partial charge in [0.15, 0.2) is 11.3 Å². The molecule has 0 aliphatic carbocycles. The number of carboxylic acid groups (broad SMARTS) is 1. The molecule has 10 heteroatoms. The van der Waals surface area contributed by atoms with Gasteiger partial charge in [-0.2, -0.15) is 5.10 Å². The highest BCUT2D eigenvalue weighted by Crippen LogP contribution is 2.34. The van der Waals surface area contributed by atoms with E-state index in [-0.39, 0.29) is 12.1 Å². The summed E-state index contributed by atoms with van der Waals surface area (Å²) < 4.78 is 1.77. The number of anilines is 1. The van der Waals surface area contributed by atoms with Crippen molar-refractivity contribution in [2.24, 2.45) is 0 Å². The first-order valence-electron chi connectivity index (χ1n) is 10.8. The summed E-state index contributed by atoms with van der Waals surface area (Å²) >= 11 is 6.79. The van der Waals surface area contributed by atoms with Crippen molar-refractivity contribution in [3.63, 3.8) is 0 Å². The first-order chi connectivity index (χ1) is 15.7. The molecule has 5 heterocycles. The Bertz CT molecular complexity index is 1390.